The summed E-state index contributed by atoms with van der Waals surface area (Å²) in [5.74, 6) is 0. The van der Waals surface area contributed by atoms with E-state index < -0.39 is 0 Å². The van der Waals surface area contributed by atoms with Gasteiger partial charge in [0.15, 0.2) is 0 Å². The SMILES string of the molecule is CCNC(CCO)CN1CCC(OCC)CC1. The number of aliphatic hydroxyl groups excluding tert-OH is 1. The Bertz CT molecular complexity index is 176. The van der Waals surface area contributed by atoms with Crippen molar-refractivity contribution < 1.29 is 9.84 Å². The van der Waals surface area contributed by atoms with Gasteiger partial charge in [-0.05, 0) is 32.7 Å². The molecule has 0 aliphatic carbocycles. The van der Waals surface area contributed by atoms with E-state index in [0.29, 0.717) is 12.1 Å². The van der Waals surface area contributed by atoms with Gasteiger partial charge in [-0.1, -0.05) is 6.92 Å². The smallest absolute Gasteiger partial charge is 0.0599 e. The summed E-state index contributed by atoms with van der Waals surface area (Å²) in [6.07, 6.45) is 3.60. The molecule has 0 amide bonds. The first-order valence-corrected chi connectivity index (χ1v) is 6.98. The number of aliphatic hydroxyl groups is 1. The van der Waals surface area contributed by atoms with E-state index in [1.165, 1.54) is 0 Å². The van der Waals surface area contributed by atoms with Crippen LogP contribution in [0, 0.1) is 0 Å². The minimum Gasteiger partial charge on any atom is -0.396 e. The third-order valence-electron chi connectivity index (χ3n) is 3.39. The molecular formula is C13H28N2O2. The first-order chi connectivity index (χ1) is 8.30. The topological polar surface area (TPSA) is 44.7 Å². The van der Waals surface area contributed by atoms with Gasteiger partial charge in [0.1, 0.15) is 0 Å². The molecule has 1 heterocycles. The lowest BCUT2D eigenvalue weighted by Crippen LogP contribution is -2.45. The fraction of sp³-hybridized carbons (Fsp3) is 1.00. The Labute approximate surface area is 105 Å². The number of ether oxygens (including phenoxy) is 1. The molecular weight excluding hydrogens is 216 g/mol. The highest BCUT2D eigenvalue weighted by molar-refractivity contribution is 4.77. The van der Waals surface area contributed by atoms with Gasteiger partial charge in [0.25, 0.3) is 0 Å². The normalized spacial score (nSPS) is 20.6. The van der Waals surface area contributed by atoms with Crippen LogP contribution in [0.2, 0.25) is 0 Å². The highest BCUT2D eigenvalue weighted by Gasteiger charge is 2.21. The van der Waals surface area contributed by atoms with Crippen molar-refractivity contribution in [3.8, 4) is 0 Å². The average molecular weight is 244 g/mol. The molecule has 0 radical (unpaired) electrons. The predicted molar refractivity (Wildman–Crippen MR) is 70.3 cm³/mol. The number of hydrogen-bond donors (Lipinski definition) is 2. The third kappa shape index (κ3) is 5.82. The van der Waals surface area contributed by atoms with Crippen LogP contribution in [0.15, 0.2) is 0 Å². The first kappa shape index (κ1) is 14.9. The number of nitrogens with one attached hydrogen (secondary N) is 1. The van der Waals surface area contributed by atoms with Crippen molar-refractivity contribution in [3.05, 3.63) is 0 Å². The maximum Gasteiger partial charge on any atom is 0.0599 e. The van der Waals surface area contributed by atoms with Crippen LogP contribution < -0.4 is 5.32 Å². The zero-order valence-electron chi connectivity index (χ0n) is 11.3. The Morgan fingerprint density at radius 1 is 1.35 bits per heavy atom. The Balaban J connectivity index is 2.22. The fourth-order valence-corrected chi connectivity index (χ4v) is 2.51. The molecule has 102 valence electrons. The highest BCUT2D eigenvalue weighted by Crippen LogP contribution is 2.14. The second-order valence-electron chi connectivity index (χ2n) is 4.72. The Hall–Kier alpha value is -0.160. The summed E-state index contributed by atoms with van der Waals surface area (Å²) < 4.78 is 5.65. The number of likely N-dealkylation sites (N-methyl/N-ethyl adjacent to an activating group) is 1. The maximum absolute atomic E-state index is 9.03. The summed E-state index contributed by atoms with van der Waals surface area (Å²) in [6.45, 7) is 9.55. The number of rotatable bonds is 8. The molecule has 0 saturated carbocycles. The lowest BCUT2D eigenvalue weighted by atomic mass is 10.1. The van der Waals surface area contributed by atoms with E-state index in [0.717, 1.165) is 52.0 Å². The van der Waals surface area contributed by atoms with E-state index in [9.17, 15) is 0 Å². The maximum atomic E-state index is 9.03. The monoisotopic (exact) mass is 244 g/mol. The number of piperidine rings is 1. The second kappa shape index (κ2) is 8.86. The average Bonchev–Trinajstić information content (AvgIpc) is 2.33. The molecule has 1 atom stereocenters. The molecule has 1 unspecified atom stereocenters. The summed E-state index contributed by atoms with van der Waals surface area (Å²) in [5, 5.41) is 12.5. The minimum atomic E-state index is 0.271. The van der Waals surface area contributed by atoms with Gasteiger partial charge in [-0.2, -0.15) is 0 Å². The van der Waals surface area contributed by atoms with Gasteiger partial charge in [0.05, 0.1) is 6.10 Å². The molecule has 1 aliphatic rings. The van der Waals surface area contributed by atoms with Gasteiger partial charge >= 0.3 is 0 Å². The van der Waals surface area contributed by atoms with Crippen molar-refractivity contribution in [1.29, 1.82) is 0 Å². The van der Waals surface area contributed by atoms with Crippen LogP contribution in [0.4, 0.5) is 0 Å². The molecule has 1 saturated heterocycles. The van der Waals surface area contributed by atoms with E-state index in [-0.39, 0.29) is 6.61 Å². The van der Waals surface area contributed by atoms with Crippen molar-refractivity contribution >= 4 is 0 Å². The molecule has 1 aliphatic heterocycles. The third-order valence-corrected chi connectivity index (χ3v) is 3.39. The van der Waals surface area contributed by atoms with Crippen LogP contribution in [0.1, 0.15) is 33.1 Å². The van der Waals surface area contributed by atoms with E-state index >= 15 is 0 Å². The van der Waals surface area contributed by atoms with Crippen molar-refractivity contribution in [1.82, 2.24) is 10.2 Å². The number of likely N-dealkylation sites (tertiary alicyclic amines) is 1. The quantitative estimate of drug-likeness (QED) is 0.664. The van der Waals surface area contributed by atoms with Gasteiger partial charge in [-0.15, -0.1) is 0 Å². The summed E-state index contributed by atoms with van der Waals surface area (Å²) in [4.78, 5) is 2.48. The number of hydrogen-bond acceptors (Lipinski definition) is 4. The minimum absolute atomic E-state index is 0.271. The Kier molecular flexibility index (Phi) is 7.77. The first-order valence-electron chi connectivity index (χ1n) is 6.98. The predicted octanol–water partition coefficient (Wildman–Crippen LogP) is 0.848. The summed E-state index contributed by atoms with van der Waals surface area (Å²) in [5.41, 5.74) is 0. The lowest BCUT2D eigenvalue weighted by Gasteiger charge is -2.34. The van der Waals surface area contributed by atoms with Gasteiger partial charge < -0.3 is 20.1 Å². The molecule has 0 bridgehead atoms. The van der Waals surface area contributed by atoms with Crippen molar-refractivity contribution in [2.45, 2.75) is 45.3 Å². The van der Waals surface area contributed by atoms with E-state index in [2.05, 4.69) is 24.1 Å². The van der Waals surface area contributed by atoms with Crippen molar-refractivity contribution in [3.63, 3.8) is 0 Å². The van der Waals surface area contributed by atoms with Crippen LogP contribution in [0.25, 0.3) is 0 Å². The van der Waals surface area contributed by atoms with Crippen LogP contribution in [0.3, 0.4) is 0 Å². The highest BCUT2D eigenvalue weighted by atomic mass is 16.5. The van der Waals surface area contributed by atoms with E-state index in [1.54, 1.807) is 0 Å². The van der Waals surface area contributed by atoms with Gasteiger partial charge in [-0.3, -0.25) is 0 Å². The van der Waals surface area contributed by atoms with Crippen LogP contribution in [-0.2, 0) is 4.74 Å². The number of nitrogens with zero attached hydrogens (tertiary/aromatic N) is 1. The van der Waals surface area contributed by atoms with Crippen molar-refractivity contribution in [2.24, 2.45) is 0 Å². The van der Waals surface area contributed by atoms with Crippen LogP contribution in [-0.4, -0.2) is 61.5 Å². The molecule has 4 heteroatoms. The Morgan fingerprint density at radius 2 is 2.06 bits per heavy atom. The zero-order valence-corrected chi connectivity index (χ0v) is 11.3. The summed E-state index contributed by atoms with van der Waals surface area (Å²) >= 11 is 0. The molecule has 0 spiro atoms. The second-order valence-corrected chi connectivity index (χ2v) is 4.72. The standard InChI is InChI=1S/C13H28N2O2/c1-3-14-12(7-10-16)11-15-8-5-13(6-9-15)17-4-2/h12-14,16H,3-11H2,1-2H3. The van der Waals surface area contributed by atoms with Crippen LogP contribution >= 0.6 is 0 Å². The van der Waals surface area contributed by atoms with E-state index in [4.69, 9.17) is 9.84 Å². The van der Waals surface area contributed by atoms with E-state index in [1.807, 2.05) is 0 Å². The molecule has 2 N–H and O–H groups in total. The lowest BCUT2D eigenvalue weighted by molar-refractivity contribution is 0.0119. The molecule has 0 aromatic rings. The zero-order chi connectivity index (χ0) is 12.5. The van der Waals surface area contributed by atoms with Gasteiger partial charge in [0, 0.05) is 38.9 Å². The van der Waals surface area contributed by atoms with Crippen molar-refractivity contribution in [2.75, 3.05) is 39.4 Å². The fourth-order valence-electron chi connectivity index (χ4n) is 2.51. The largest absolute Gasteiger partial charge is 0.396 e. The molecule has 1 fully saturated rings. The van der Waals surface area contributed by atoms with Gasteiger partial charge in [-0.25, -0.2) is 0 Å². The summed E-state index contributed by atoms with van der Waals surface area (Å²) in [6, 6.07) is 0.425. The molecule has 0 aromatic heterocycles. The molecule has 4 nitrogen and oxygen atoms in total. The summed E-state index contributed by atoms with van der Waals surface area (Å²) in [7, 11) is 0. The molecule has 1 rings (SSSR count). The van der Waals surface area contributed by atoms with Crippen LogP contribution in [0.5, 0.6) is 0 Å². The van der Waals surface area contributed by atoms with Gasteiger partial charge in [0.2, 0.25) is 0 Å². The molecule has 17 heavy (non-hydrogen) atoms. The molecule has 0 aromatic carbocycles. The Morgan fingerprint density at radius 3 is 2.59 bits per heavy atom.